The van der Waals surface area contributed by atoms with Crippen LogP contribution in [0.5, 0.6) is 0 Å². The number of rotatable bonds is 5. The quantitative estimate of drug-likeness (QED) is 0.885. The number of anilines is 1. The van der Waals surface area contributed by atoms with E-state index < -0.39 is 5.60 Å². The van der Waals surface area contributed by atoms with Crippen LogP contribution in [0, 0.1) is 13.8 Å². The Morgan fingerprint density at radius 3 is 2.54 bits per heavy atom. The lowest BCUT2D eigenvalue weighted by Crippen LogP contribution is -2.44. The first-order valence-electron chi connectivity index (χ1n) is 8.12. The minimum Gasteiger partial charge on any atom is -0.389 e. The molecule has 6 heteroatoms. The third kappa shape index (κ3) is 4.35. The summed E-state index contributed by atoms with van der Waals surface area (Å²) in [6, 6.07) is 9.30. The van der Waals surface area contributed by atoms with Gasteiger partial charge in [-0.25, -0.2) is 9.48 Å². The van der Waals surface area contributed by atoms with Crippen molar-refractivity contribution in [2.45, 2.75) is 40.2 Å². The van der Waals surface area contributed by atoms with Gasteiger partial charge in [-0.2, -0.15) is 5.10 Å². The van der Waals surface area contributed by atoms with Gasteiger partial charge in [-0.1, -0.05) is 12.1 Å². The first-order chi connectivity index (χ1) is 11.2. The van der Waals surface area contributed by atoms with Gasteiger partial charge in [0.25, 0.3) is 0 Å². The van der Waals surface area contributed by atoms with Gasteiger partial charge in [0.05, 0.1) is 29.2 Å². The number of nitrogens with one attached hydrogen (secondary N) is 1. The largest absolute Gasteiger partial charge is 0.389 e. The summed E-state index contributed by atoms with van der Waals surface area (Å²) in [5, 5.41) is 17.4. The molecule has 0 aliphatic rings. The molecule has 1 heterocycles. The van der Waals surface area contributed by atoms with Crippen molar-refractivity contribution >= 4 is 11.7 Å². The van der Waals surface area contributed by atoms with Gasteiger partial charge in [0.15, 0.2) is 0 Å². The maximum Gasteiger partial charge on any atom is 0.321 e. The van der Waals surface area contributed by atoms with Crippen molar-refractivity contribution in [3.63, 3.8) is 0 Å². The molecular weight excluding hydrogens is 304 g/mol. The molecule has 2 aromatic rings. The summed E-state index contributed by atoms with van der Waals surface area (Å²) in [7, 11) is 0. The SMILES string of the molecule is CCN(CC(C)(C)O)C(=O)Nc1ccccc1-n1nc(C)cc1C. The minimum atomic E-state index is -0.942. The number of aromatic nitrogens is 2. The molecule has 0 spiro atoms. The number of aliphatic hydroxyl groups is 1. The monoisotopic (exact) mass is 330 g/mol. The fourth-order valence-corrected chi connectivity index (χ4v) is 2.63. The Bertz CT molecular complexity index is 716. The molecule has 0 unspecified atom stereocenters. The van der Waals surface area contributed by atoms with Gasteiger partial charge in [0.2, 0.25) is 0 Å². The van der Waals surface area contributed by atoms with Crippen LogP contribution in [0.25, 0.3) is 5.69 Å². The number of likely N-dealkylation sites (N-methyl/N-ethyl adjacent to an activating group) is 1. The Morgan fingerprint density at radius 2 is 2.00 bits per heavy atom. The summed E-state index contributed by atoms with van der Waals surface area (Å²) < 4.78 is 1.82. The summed E-state index contributed by atoms with van der Waals surface area (Å²) in [6.45, 7) is 9.95. The van der Waals surface area contributed by atoms with Gasteiger partial charge in [-0.15, -0.1) is 0 Å². The molecule has 0 radical (unpaired) electrons. The van der Waals surface area contributed by atoms with E-state index in [1.54, 1.807) is 18.7 Å². The van der Waals surface area contributed by atoms with Crippen LogP contribution in [-0.2, 0) is 0 Å². The topological polar surface area (TPSA) is 70.4 Å². The number of benzene rings is 1. The molecule has 0 saturated carbocycles. The van der Waals surface area contributed by atoms with E-state index in [4.69, 9.17) is 0 Å². The summed E-state index contributed by atoms with van der Waals surface area (Å²) in [5.41, 5.74) is 2.48. The Hall–Kier alpha value is -2.34. The lowest BCUT2D eigenvalue weighted by atomic mass is 10.1. The molecule has 24 heavy (non-hydrogen) atoms. The van der Waals surface area contributed by atoms with Crippen molar-refractivity contribution in [2.75, 3.05) is 18.4 Å². The summed E-state index contributed by atoms with van der Waals surface area (Å²) >= 11 is 0. The average Bonchev–Trinajstić information content (AvgIpc) is 2.83. The Kier molecular flexibility index (Phi) is 5.29. The van der Waals surface area contributed by atoms with E-state index in [0.29, 0.717) is 12.2 Å². The maximum atomic E-state index is 12.6. The fraction of sp³-hybridized carbons (Fsp3) is 0.444. The average molecular weight is 330 g/mol. The van der Waals surface area contributed by atoms with Gasteiger partial charge >= 0.3 is 6.03 Å². The third-order valence-corrected chi connectivity index (χ3v) is 3.63. The highest BCUT2D eigenvalue weighted by Crippen LogP contribution is 2.22. The molecule has 1 aromatic carbocycles. The molecule has 1 aromatic heterocycles. The second-order valence-electron chi connectivity index (χ2n) is 6.61. The molecular formula is C18H26N4O2. The standard InChI is InChI=1S/C18H26N4O2/c1-6-21(12-18(4,5)24)17(23)19-15-9-7-8-10-16(15)22-14(3)11-13(2)20-22/h7-11,24H,6,12H2,1-5H3,(H,19,23). The van der Waals surface area contributed by atoms with E-state index in [0.717, 1.165) is 17.1 Å². The number of hydrogen-bond acceptors (Lipinski definition) is 3. The summed E-state index contributed by atoms with van der Waals surface area (Å²) in [4.78, 5) is 14.2. The van der Waals surface area contributed by atoms with Gasteiger partial charge in [0, 0.05) is 12.2 Å². The predicted octanol–water partition coefficient (Wildman–Crippen LogP) is 3.11. The van der Waals surface area contributed by atoms with Crippen LogP contribution in [-0.4, -0.2) is 44.5 Å². The number of carbonyl (C=O) groups excluding carboxylic acids is 1. The van der Waals surface area contributed by atoms with Crippen molar-refractivity contribution in [1.29, 1.82) is 0 Å². The van der Waals surface area contributed by atoms with Crippen LogP contribution in [0.2, 0.25) is 0 Å². The number of hydrogen-bond donors (Lipinski definition) is 2. The van der Waals surface area contributed by atoms with Crippen molar-refractivity contribution in [3.8, 4) is 5.69 Å². The van der Waals surface area contributed by atoms with Crippen LogP contribution in [0.3, 0.4) is 0 Å². The van der Waals surface area contributed by atoms with E-state index in [9.17, 15) is 9.90 Å². The molecule has 0 fully saturated rings. The van der Waals surface area contributed by atoms with Crippen LogP contribution >= 0.6 is 0 Å². The highest BCUT2D eigenvalue weighted by Gasteiger charge is 2.22. The number of nitrogens with zero attached hydrogens (tertiary/aromatic N) is 3. The molecule has 2 amide bonds. The Labute approximate surface area is 143 Å². The fourth-order valence-electron chi connectivity index (χ4n) is 2.63. The molecule has 6 nitrogen and oxygen atoms in total. The highest BCUT2D eigenvalue weighted by atomic mass is 16.3. The van der Waals surface area contributed by atoms with Crippen LogP contribution in [0.1, 0.15) is 32.2 Å². The lowest BCUT2D eigenvalue weighted by molar-refractivity contribution is 0.0501. The lowest BCUT2D eigenvalue weighted by Gasteiger charge is -2.28. The zero-order chi connectivity index (χ0) is 17.9. The second kappa shape index (κ2) is 7.05. The van der Waals surface area contributed by atoms with E-state index in [-0.39, 0.29) is 12.6 Å². The predicted molar refractivity (Wildman–Crippen MR) is 95.6 cm³/mol. The first kappa shape index (κ1) is 18.0. The third-order valence-electron chi connectivity index (χ3n) is 3.63. The number of urea groups is 1. The van der Waals surface area contributed by atoms with Gasteiger partial charge < -0.3 is 15.3 Å². The van der Waals surface area contributed by atoms with Crippen molar-refractivity contribution in [2.24, 2.45) is 0 Å². The Morgan fingerprint density at radius 1 is 1.33 bits per heavy atom. The van der Waals surface area contributed by atoms with Crippen molar-refractivity contribution < 1.29 is 9.90 Å². The van der Waals surface area contributed by atoms with Gasteiger partial charge in [-0.3, -0.25) is 0 Å². The molecule has 130 valence electrons. The van der Waals surface area contributed by atoms with Crippen molar-refractivity contribution in [3.05, 3.63) is 41.7 Å². The summed E-state index contributed by atoms with van der Waals surface area (Å²) in [5.74, 6) is 0. The minimum absolute atomic E-state index is 0.242. The molecule has 0 saturated heterocycles. The van der Waals surface area contributed by atoms with E-state index >= 15 is 0 Å². The number of para-hydroxylation sites is 2. The first-order valence-corrected chi connectivity index (χ1v) is 8.12. The zero-order valence-electron chi connectivity index (χ0n) is 15.0. The van der Waals surface area contributed by atoms with E-state index in [1.165, 1.54) is 0 Å². The van der Waals surface area contributed by atoms with Crippen LogP contribution in [0.4, 0.5) is 10.5 Å². The van der Waals surface area contributed by atoms with Crippen LogP contribution in [0.15, 0.2) is 30.3 Å². The zero-order valence-corrected chi connectivity index (χ0v) is 15.0. The highest BCUT2D eigenvalue weighted by molar-refractivity contribution is 5.91. The second-order valence-corrected chi connectivity index (χ2v) is 6.61. The van der Waals surface area contributed by atoms with Gasteiger partial charge in [-0.05, 0) is 52.8 Å². The molecule has 2 rings (SSSR count). The van der Waals surface area contributed by atoms with E-state index in [2.05, 4.69) is 10.4 Å². The summed E-state index contributed by atoms with van der Waals surface area (Å²) in [6.07, 6.45) is 0. The number of amides is 2. The van der Waals surface area contributed by atoms with Gasteiger partial charge in [0.1, 0.15) is 0 Å². The molecule has 0 atom stereocenters. The Balaban J connectivity index is 2.27. The smallest absolute Gasteiger partial charge is 0.321 e. The van der Waals surface area contributed by atoms with E-state index in [1.807, 2.05) is 55.8 Å². The molecule has 2 N–H and O–H groups in total. The molecule has 0 aliphatic carbocycles. The maximum absolute atomic E-state index is 12.6. The van der Waals surface area contributed by atoms with Crippen LogP contribution < -0.4 is 5.32 Å². The molecule has 0 aliphatic heterocycles. The number of aryl methyl sites for hydroxylation is 2. The normalized spacial score (nSPS) is 11.4. The number of carbonyl (C=O) groups is 1. The van der Waals surface area contributed by atoms with Crippen molar-refractivity contribution in [1.82, 2.24) is 14.7 Å². The molecule has 0 bridgehead atoms.